The van der Waals surface area contributed by atoms with Gasteiger partial charge in [-0.3, -0.25) is 0 Å². The SMILES string of the molecule is CCCCCCCCn1ccc2cc(OCc3ccccc3)ccc21. The number of hydrogen-bond donors (Lipinski definition) is 0. The molecule has 3 aromatic rings. The van der Waals surface area contributed by atoms with Crippen LogP contribution in [0.3, 0.4) is 0 Å². The molecule has 0 atom stereocenters. The summed E-state index contributed by atoms with van der Waals surface area (Å²) in [6, 6.07) is 18.9. The number of benzene rings is 2. The van der Waals surface area contributed by atoms with Crippen molar-refractivity contribution in [3.63, 3.8) is 0 Å². The molecule has 2 aromatic carbocycles. The van der Waals surface area contributed by atoms with Crippen LogP contribution in [0, 0.1) is 0 Å². The molecule has 0 radical (unpaired) electrons. The lowest BCUT2D eigenvalue weighted by Gasteiger charge is -2.08. The van der Waals surface area contributed by atoms with Gasteiger partial charge in [-0.15, -0.1) is 0 Å². The average Bonchev–Trinajstić information content (AvgIpc) is 3.06. The van der Waals surface area contributed by atoms with E-state index in [0.29, 0.717) is 6.61 Å². The zero-order chi connectivity index (χ0) is 17.3. The Morgan fingerprint density at radius 1 is 0.840 bits per heavy atom. The fraction of sp³-hybridized carbons (Fsp3) is 0.391. The standard InChI is InChI=1S/C23H29NO/c1-2-3-4-5-6-10-16-24-17-15-21-18-22(13-14-23(21)24)25-19-20-11-8-7-9-12-20/h7-9,11-15,17-18H,2-6,10,16,19H2,1H3. The lowest BCUT2D eigenvalue weighted by molar-refractivity contribution is 0.306. The van der Waals surface area contributed by atoms with E-state index in [9.17, 15) is 0 Å². The average molecular weight is 335 g/mol. The first kappa shape index (κ1) is 17.6. The number of hydrogen-bond acceptors (Lipinski definition) is 1. The van der Waals surface area contributed by atoms with Crippen molar-refractivity contribution in [1.82, 2.24) is 4.57 Å². The van der Waals surface area contributed by atoms with Gasteiger partial charge in [-0.2, -0.15) is 0 Å². The molecule has 132 valence electrons. The van der Waals surface area contributed by atoms with Crippen LogP contribution in [0.1, 0.15) is 51.0 Å². The smallest absolute Gasteiger partial charge is 0.120 e. The lowest BCUT2D eigenvalue weighted by Crippen LogP contribution is -1.97. The predicted molar refractivity (Wildman–Crippen MR) is 106 cm³/mol. The van der Waals surface area contributed by atoms with Crippen LogP contribution < -0.4 is 4.74 Å². The molecule has 0 N–H and O–H groups in total. The van der Waals surface area contributed by atoms with Crippen molar-refractivity contribution in [2.75, 3.05) is 0 Å². The summed E-state index contributed by atoms with van der Waals surface area (Å²) in [5, 5.41) is 1.26. The minimum Gasteiger partial charge on any atom is -0.489 e. The van der Waals surface area contributed by atoms with Gasteiger partial charge in [0.25, 0.3) is 0 Å². The highest BCUT2D eigenvalue weighted by Crippen LogP contribution is 2.23. The van der Waals surface area contributed by atoms with Gasteiger partial charge in [0.05, 0.1) is 0 Å². The minimum atomic E-state index is 0.616. The molecule has 2 heteroatoms. The maximum atomic E-state index is 5.94. The highest BCUT2D eigenvalue weighted by Gasteiger charge is 2.03. The molecular weight excluding hydrogens is 306 g/mol. The third kappa shape index (κ3) is 5.12. The van der Waals surface area contributed by atoms with Crippen molar-refractivity contribution in [3.8, 4) is 5.75 Å². The Hall–Kier alpha value is -2.22. The Balaban J connectivity index is 1.53. The second-order valence-electron chi connectivity index (χ2n) is 6.77. The fourth-order valence-corrected chi connectivity index (χ4v) is 3.27. The quantitative estimate of drug-likeness (QED) is 0.382. The second kappa shape index (κ2) is 9.31. The molecule has 0 amide bonds. The van der Waals surface area contributed by atoms with E-state index in [-0.39, 0.29) is 0 Å². The molecular formula is C23H29NO. The Morgan fingerprint density at radius 3 is 2.48 bits per heavy atom. The minimum absolute atomic E-state index is 0.616. The summed E-state index contributed by atoms with van der Waals surface area (Å²) < 4.78 is 8.31. The zero-order valence-corrected chi connectivity index (χ0v) is 15.3. The van der Waals surface area contributed by atoms with Gasteiger partial charge < -0.3 is 9.30 Å². The van der Waals surface area contributed by atoms with E-state index in [1.165, 1.54) is 55.0 Å². The van der Waals surface area contributed by atoms with Gasteiger partial charge in [-0.1, -0.05) is 69.4 Å². The van der Waals surface area contributed by atoms with Gasteiger partial charge in [-0.25, -0.2) is 0 Å². The summed E-state index contributed by atoms with van der Waals surface area (Å²) in [6.07, 6.45) is 10.2. The molecule has 0 saturated carbocycles. The summed E-state index contributed by atoms with van der Waals surface area (Å²) in [6.45, 7) is 3.99. The molecule has 0 spiro atoms. The van der Waals surface area contributed by atoms with Crippen molar-refractivity contribution in [1.29, 1.82) is 0 Å². The number of aromatic nitrogens is 1. The van der Waals surface area contributed by atoms with Crippen LogP contribution in [-0.4, -0.2) is 4.57 Å². The number of unbranched alkanes of at least 4 members (excludes halogenated alkanes) is 5. The Labute approximate surface area is 151 Å². The Kier molecular flexibility index (Phi) is 6.55. The van der Waals surface area contributed by atoms with Crippen molar-refractivity contribution >= 4 is 10.9 Å². The summed E-state index contributed by atoms with van der Waals surface area (Å²) in [5.41, 5.74) is 2.50. The van der Waals surface area contributed by atoms with Gasteiger partial charge in [0.2, 0.25) is 0 Å². The van der Waals surface area contributed by atoms with E-state index < -0.39 is 0 Å². The molecule has 1 aromatic heterocycles. The predicted octanol–water partition coefficient (Wildman–Crippen LogP) is 6.58. The number of fused-ring (bicyclic) bond motifs is 1. The van der Waals surface area contributed by atoms with Gasteiger partial charge in [0.15, 0.2) is 0 Å². The van der Waals surface area contributed by atoms with Crippen molar-refractivity contribution in [3.05, 3.63) is 66.4 Å². The monoisotopic (exact) mass is 335 g/mol. The maximum absolute atomic E-state index is 5.94. The molecule has 2 nitrogen and oxygen atoms in total. The van der Waals surface area contributed by atoms with Gasteiger partial charge >= 0.3 is 0 Å². The first-order valence-corrected chi connectivity index (χ1v) is 9.62. The van der Waals surface area contributed by atoms with Gasteiger partial charge in [-0.05, 0) is 36.2 Å². The second-order valence-corrected chi connectivity index (χ2v) is 6.77. The molecule has 0 unspecified atom stereocenters. The van der Waals surface area contributed by atoms with Crippen LogP contribution in [0.25, 0.3) is 10.9 Å². The zero-order valence-electron chi connectivity index (χ0n) is 15.3. The maximum Gasteiger partial charge on any atom is 0.120 e. The molecule has 0 aliphatic heterocycles. The van der Waals surface area contributed by atoms with Crippen LogP contribution in [0.5, 0.6) is 5.75 Å². The first-order chi connectivity index (χ1) is 12.4. The summed E-state index contributed by atoms with van der Waals surface area (Å²) in [7, 11) is 0. The van der Waals surface area contributed by atoms with Crippen LogP contribution in [0.2, 0.25) is 0 Å². The Bertz CT molecular complexity index is 760. The molecule has 3 rings (SSSR count). The fourth-order valence-electron chi connectivity index (χ4n) is 3.27. The van der Waals surface area contributed by atoms with E-state index in [2.05, 4.69) is 54.1 Å². The van der Waals surface area contributed by atoms with E-state index in [0.717, 1.165) is 12.3 Å². The van der Waals surface area contributed by atoms with Crippen LogP contribution in [0.4, 0.5) is 0 Å². The number of ether oxygens (including phenoxy) is 1. The lowest BCUT2D eigenvalue weighted by atomic mass is 10.1. The van der Waals surface area contributed by atoms with E-state index in [1.807, 2.05) is 18.2 Å². The van der Waals surface area contributed by atoms with Gasteiger partial charge in [0, 0.05) is 23.6 Å². The molecule has 0 bridgehead atoms. The molecule has 0 saturated heterocycles. The van der Waals surface area contributed by atoms with Crippen LogP contribution in [-0.2, 0) is 13.2 Å². The first-order valence-electron chi connectivity index (χ1n) is 9.62. The van der Waals surface area contributed by atoms with Gasteiger partial charge in [0.1, 0.15) is 12.4 Å². The van der Waals surface area contributed by atoms with Crippen molar-refractivity contribution in [2.45, 2.75) is 58.6 Å². The largest absolute Gasteiger partial charge is 0.489 e. The third-order valence-corrected chi connectivity index (χ3v) is 4.74. The van der Waals surface area contributed by atoms with Crippen molar-refractivity contribution in [2.24, 2.45) is 0 Å². The van der Waals surface area contributed by atoms with Crippen LogP contribution >= 0.6 is 0 Å². The number of aryl methyl sites for hydroxylation is 1. The Morgan fingerprint density at radius 2 is 1.64 bits per heavy atom. The normalized spacial score (nSPS) is 11.1. The highest BCUT2D eigenvalue weighted by atomic mass is 16.5. The highest BCUT2D eigenvalue weighted by molar-refractivity contribution is 5.81. The molecule has 1 heterocycles. The third-order valence-electron chi connectivity index (χ3n) is 4.74. The molecule has 0 aliphatic rings. The molecule has 0 aliphatic carbocycles. The summed E-state index contributed by atoms with van der Waals surface area (Å²) in [5.74, 6) is 0.939. The number of nitrogens with zero attached hydrogens (tertiary/aromatic N) is 1. The van der Waals surface area contributed by atoms with E-state index in [1.54, 1.807) is 0 Å². The van der Waals surface area contributed by atoms with E-state index >= 15 is 0 Å². The molecule has 25 heavy (non-hydrogen) atoms. The summed E-state index contributed by atoms with van der Waals surface area (Å²) >= 11 is 0. The topological polar surface area (TPSA) is 14.2 Å². The van der Waals surface area contributed by atoms with E-state index in [4.69, 9.17) is 4.74 Å². The van der Waals surface area contributed by atoms with Crippen molar-refractivity contribution < 1.29 is 4.74 Å². The number of rotatable bonds is 10. The molecule has 0 fully saturated rings. The summed E-state index contributed by atoms with van der Waals surface area (Å²) in [4.78, 5) is 0. The van der Waals surface area contributed by atoms with Crippen LogP contribution in [0.15, 0.2) is 60.8 Å².